The minimum absolute atomic E-state index is 0.0362. The number of unbranched alkanes of at least 4 members (excludes halogenated alkanes) is 1. The number of benzene rings is 3. The van der Waals surface area contributed by atoms with Gasteiger partial charge in [0.2, 0.25) is 65.0 Å². The summed E-state index contributed by atoms with van der Waals surface area (Å²) in [6.45, 7) is 4.79. The van der Waals surface area contributed by atoms with Crippen molar-refractivity contribution in [2.24, 2.45) is 23.3 Å². The van der Waals surface area contributed by atoms with Crippen LogP contribution in [-0.4, -0.2) is 293 Å². The molecule has 0 bridgehead atoms. The molecule has 0 radical (unpaired) electrons. The fraction of sp³-hybridized carbons (Fsp3) is 0.470. The molecule has 2 aliphatic heterocycles. The molecule has 5 aromatic rings. The summed E-state index contributed by atoms with van der Waals surface area (Å²) in [5, 5.41) is 88.5. The smallest absolute Gasteiger partial charge is 0.340 e. The lowest BCUT2D eigenvalue weighted by atomic mass is 9.83. The van der Waals surface area contributed by atoms with Gasteiger partial charge in [-0.2, -0.15) is 11.8 Å². The number of phenolic OH excluding ortho intramolecular Hbond substituents is 1. The van der Waals surface area contributed by atoms with E-state index >= 15 is 9.59 Å². The lowest BCUT2D eigenvalue weighted by molar-refractivity contribution is -0.143. The van der Waals surface area contributed by atoms with Crippen molar-refractivity contribution in [1.29, 1.82) is 0 Å². The number of nitrogens with one attached hydrogen (secondary N) is 13. The zero-order valence-corrected chi connectivity index (χ0v) is 73.2. The second-order valence-corrected chi connectivity index (χ2v) is 32.9. The minimum atomic E-state index is -1.68. The zero-order valence-electron chi connectivity index (χ0n) is 71.6. The Bertz CT molecular complexity index is 4910. The molecule has 9 atom stereocenters. The van der Waals surface area contributed by atoms with Crippen LogP contribution in [0.4, 0.5) is 5.69 Å². The third kappa shape index (κ3) is 32.0. The summed E-state index contributed by atoms with van der Waals surface area (Å²) in [4.78, 5) is 227. The Morgan fingerprint density at radius 1 is 0.609 bits per heavy atom. The second-order valence-electron chi connectivity index (χ2n) is 31.5. The third-order valence-electron chi connectivity index (χ3n) is 20.3. The molecule has 1 spiro atoms. The molecule has 2 aromatic heterocycles. The number of para-hydroxylation sites is 1. The number of aliphatic hydroxyl groups excluding tert-OH is 1. The van der Waals surface area contributed by atoms with Crippen molar-refractivity contribution in [3.63, 3.8) is 0 Å². The molecule has 0 saturated carbocycles. The Kier molecular flexibility index (Phi) is 39.0. The number of aromatic nitrogens is 3. The highest BCUT2D eigenvalue weighted by Crippen LogP contribution is 2.51. The zero-order chi connectivity index (χ0) is 94.2. The topological polar surface area (TPSA) is 652 Å². The van der Waals surface area contributed by atoms with Crippen LogP contribution in [-0.2, 0) is 95.1 Å². The van der Waals surface area contributed by atoms with Gasteiger partial charge in [0.25, 0.3) is 0 Å². The fourth-order valence-corrected chi connectivity index (χ4v) is 14.7. The van der Waals surface area contributed by atoms with Crippen molar-refractivity contribution < 1.29 is 117 Å². The highest BCUT2D eigenvalue weighted by molar-refractivity contribution is 7.98. The predicted molar refractivity (Wildman–Crippen MR) is 467 cm³/mol. The second kappa shape index (κ2) is 49.0. The first-order valence-corrected chi connectivity index (χ1v) is 42.8. The number of aliphatic carboxylic acids is 4. The predicted octanol–water partition coefficient (Wildman–Crippen LogP) is -0.844. The summed E-state index contributed by atoms with van der Waals surface area (Å²) in [7, 11) is 0. The van der Waals surface area contributed by atoms with Crippen molar-refractivity contribution >= 4 is 141 Å². The molecule has 7 rings (SSSR count). The van der Waals surface area contributed by atoms with E-state index in [0.717, 1.165) is 4.90 Å². The van der Waals surface area contributed by atoms with Gasteiger partial charge in [0, 0.05) is 110 Å². The van der Waals surface area contributed by atoms with Crippen molar-refractivity contribution in [3.05, 3.63) is 131 Å². The van der Waals surface area contributed by atoms with E-state index in [1.807, 2.05) is 20.1 Å². The number of carbonyl (C=O) groups is 16. The first-order chi connectivity index (χ1) is 60.6. The number of carbonyl (C=O) groups excluding carboxylic acids is 12. The van der Waals surface area contributed by atoms with Crippen LogP contribution in [0.2, 0.25) is 0 Å². The molecule has 3 aromatic carbocycles. The SMILES string of the molecule is CSCC[C@H](NC(=O)[C@H](CC(C)C)NC(=O)[C@H](Cc1c[nH]cn1)NC(=O)CNC(=O)[C@@H](NC(=O)[C@H](C)NC(=O)[C@H](Cc1c[nH]c2ccccc12)NC(=O)[C@H](CCC(N)=O)NC(=O)[C@H](CCCCNC(=O)CN(CCN(CCN(CC(=O)O)CC(=O)O)CC(=O)O)CC(=O)O)NC(=S)Nc1ccc2c(c1)C(=O)OC21C=C(/C=C(\C)O)Oc2cc(O)ccc21)C(C)C)C(N)=O. The highest BCUT2D eigenvalue weighted by atomic mass is 32.2. The van der Waals surface area contributed by atoms with Crippen molar-refractivity contribution in [2.45, 2.75) is 153 Å². The van der Waals surface area contributed by atoms with E-state index in [4.69, 9.17) is 33.2 Å². The van der Waals surface area contributed by atoms with Crippen LogP contribution in [0, 0.1) is 11.8 Å². The molecule has 45 heteroatoms. The molecular formula is C83H111N19O24S2. The summed E-state index contributed by atoms with van der Waals surface area (Å²) in [5.41, 5.74) is 11.9. The molecule has 4 heterocycles. The van der Waals surface area contributed by atoms with E-state index in [-0.39, 0.29) is 123 Å². The summed E-state index contributed by atoms with van der Waals surface area (Å²) in [6.07, 6.45) is 7.94. The van der Waals surface area contributed by atoms with Gasteiger partial charge < -0.3 is 120 Å². The van der Waals surface area contributed by atoms with Crippen molar-refractivity contribution in [1.82, 2.24) is 82.8 Å². The van der Waals surface area contributed by atoms with Gasteiger partial charge in [0.15, 0.2) is 10.7 Å². The number of aromatic hydroxyl groups is 1. The van der Waals surface area contributed by atoms with Crippen LogP contribution in [0.3, 0.4) is 0 Å². The van der Waals surface area contributed by atoms with E-state index in [0.29, 0.717) is 39.0 Å². The lowest BCUT2D eigenvalue weighted by Gasteiger charge is -2.32. The largest absolute Gasteiger partial charge is 0.512 e. The molecule has 0 saturated heterocycles. The molecule has 0 aliphatic carbocycles. The van der Waals surface area contributed by atoms with Gasteiger partial charge in [0.1, 0.15) is 65.6 Å². The molecule has 2 aliphatic rings. The van der Waals surface area contributed by atoms with Crippen LogP contribution >= 0.6 is 24.0 Å². The first-order valence-electron chi connectivity index (χ1n) is 41.0. The number of primary amides is 2. The van der Waals surface area contributed by atoms with Crippen LogP contribution in [0.15, 0.2) is 103 Å². The summed E-state index contributed by atoms with van der Waals surface area (Å²) >= 11 is 7.25. The number of nitrogens with two attached hydrogens (primary N) is 2. The van der Waals surface area contributed by atoms with Gasteiger partial charge in [0.05, 0.1) is 62.6 Å². The van der Waals surface area contributed by atoms with Gasteiger partial charge in [-0.05, 0) is 124 Å². The maximum atomic E-state index is 15.0. The molecular weight excluding hydrogens is 1710 g/mol. The van der Waals surface area contributed by atoms with Gasteiger partial charge >= 0.3 is 29.8 Å². The van der Waals surface area contributed by atoms with E-state index in [1.54, 1.807) is 50.4 Å². The number of H-pyrrole nitrogens is 2. The number of carboxylic acid groups (broad SMARTS) is 4. The number of hydrogen-bond acceptors (Lipinski definition) is 26. The van der Waals surface area contributed by atoms with Crippen molar-refractivity contribution in [2.75, 3.05) is 89.3 Å². The standard InChI is InChI=1S/C83H111N19O24S2/c1-44(2)28-61(78(121)94-58(73(85)116)21-27-128-7)96-79(122)63(32-50-36-86-43-90-50)93-66(106)37-89-80(123)72(45(3)4)99-74(117)47(6)91-77(120)62(30-48-35-88-57-13-9-8-12-53(48)57)97-76(119)60(19-20-65(84)105)95-75(118)59(14-10-11-22-87-67(107)38-101(40-69(110)111)25-23-100(39-68(108)109)24-26-102(41-70(112)113)42-71(114)115)98-82(127)92-49-15-17-55-54(31-49)81(124)126-83(55)34-52(29-46(5)103)125-64-33-51(104)16-18-56(64)83/h8-9,12-13,15-18,29,31,33-36,43-45,47,58-63,72,88,103-104H,10-11,14,19-28,30,32,37-42H2,1-7H3,(H2,84,105)(H2,85,116)(H,86,90)(H,87,107)(H,89,123)(H,91,120)(H,93,106)(H,94,121)(H,95,118)(H,96,122)(H,97,119)(H,99,117)(H,108,109)(H,110,111)(H,112,113)(H,114,115)(H2,92,98,127)/b46-29+/t47-,58-,59-,60-,61-,62-,63-,72-,83?/m0/s1. The maximum Gasteiger partial charge on any atom is 0.340 e. The summed E-state index contributed by atoms with van der Waals surface area (Å²) < 4.78 is 12.0. The van der Waals surface area contributed by atoms with E-state index in [1.165, 1.54) is 90.4 Å². The monoisotopic (exact) mass is 1820 g/mol. The number of rotatable bonds is 54. The molecule has 0 fully saturated rings. The highest BCUT2D eigenvalue weighted by Gasteiger charge is 2.50. The number of allylic oxidation sites excluding steroid dienone is 2. The Labute approximate surface area is 744 Å². The Hall–Kier alpha value is -13.3. The number of fused-ring (bicyclic) bond motifs is 5. The van der Waals surface area contributed by atoms with Gasteiger partial charge in [-0.15, -0.1) is 0 Å². The number of carboxylic acids is 4. The molecule has 23 N–H and O–H groups in total. The number of ether oxygens (including phenoxy) is 2. The first kappa shape index (κ1) is 102. The average Bonchev–Trinajstić information content (AvgIpc) is 1.57. The molecule has 694 valence electrons. The number of aromatic amines is 2. The molecule has 128 heavy (non-hydrogen) atoms. The molecule has 11 amide bonds. The Balaban J connectivity index is 1.09. The number of thiocarbonyl (C=S) groups is 1. The number of esters is 1. The number of hydrogen-bond donors (Lipinski definition) is 21. The maximum absolute atomic E-state index is 15.0. The third-order valence-corrected chi connectivity index (χ3v) is 21.1. The Morgan fingerprint density at radius 3 is 1.81 bits per heavy atom. The summed E-state index contributed by atoms with van der Waals surface area (Å²) in [5.74, 6) is -16.0. The number of amides is 11. The van der Waals surface area contributed by atoms with E-state index in [2.05, 4.69) is 73.4 Å². The van der Waals surface area contributed by atoms with Crippen LogP contribution in [0.5, 0.6) is 11.5 Å². The fourth-order valence-electron chi connectivity index (χ4n) is 14.0. The lowest BCUT2D eigenvalue weighted by Crippen LogP contribution is -2.60. The van der Waals surface area contributed by atoms with Gasteiger partial charge in [-0.25, -0.2) is 9.78 Å². The minimum Gasteiger partial charge on any atom is -0.512 e. The van der Waals surface area contributed by atoms with Crippen LogP contribution < -0.4 is 74.7 Å². The normalized spacial score (nSPS) is 15.2. The Morgan fingerprint density at radius 2 is 1.20 bits per heavy atom. The average molecular weight is 1820 g/mol. The van der Waals surface area contributed by atoms with Crippen LogP contribution in [0.25, 0.3) is 10.9 Å². The number of aliphatic hydroxyl groups is 1. The van der Waals surface area contributed by atoms with Gasteiger partial charge in [-0.3, -0.25) is 86.6 Å². The van der Waals surface area contributed by atoms with Crippen LogP contribution in [0.1, 0.15) is 119 Å². The number of imidazole rings is 1. The van der Waals surface area contributed by atoms with E-state index in [9.17, 15) is 97.8 Å². The quantitative estimate of drug-likeness (QED) is 0.00976. The van der Waals surface area contributed by atoms with Gasteiger partial charge in [-0.1, -0.05) is 52.0 Å². The number of thioether (sulfide) groups is 1. The molecule has 1 unspecified atom stereocenters. The molecule has 43 nitrogen and oxygen atoms in total. The summed E-state index contributed by atoms with van der Waals surface area (Å²) in [6, 6.07) is 4.54. The van der Waals surface area contributed by atoms with Crippen molar-refractivity contribution in [3.8, 4) is 11.5 Å². The number of phenols is 1. The number of nitrogens with zero attached hydrogens (tertiary/aromatic N) is 4. The number of anilines is 1. The van der Waals surface area contributed by atoms with E-state index < -0.39 is 207 Å².